The van der Waals surface area contributed by atoms with E-state index in [1.165, 1.54) is 0 Å². The minimum Gasteiger partial charge on any atom is -0.452 e. The molecule has 4 nitrogen and oxygen atoms in total. The minimum absolute atomic E-state index is 0.0590. The highest BCUT2D eigenvalue weighted by molar-refractivity contribution is 5.87. The lowest BCUT2D eigenvalue weighted by atomic mass is 9.97. The summed E-state index contributed by atoms with van der Waals surface area (Å²) >= 11 is 0. The number of rotatable bonds is 2. The number of carbonyl (C=O) groups excluding carboxylic acids is 1. The van der Waals surface area contributed by atoms with Crippen molar-refractivity contribution in [1.82, 2.24) is 0 Å². The molecule has 1 heterocycles. The summed E-state index contributed by atoms with van der Waals surface area (Å²) in [4.78, 5) is 25.7. The molecular formula is C23H24O4. The molecule has 0 aliphatic carbocycles. The molecule has 0 N–H and O–H groups in total. The van der Waals surface area contributed by atoms with Crippen molar-refractivity contribution in [1.29, 1.82) is 0 Å². The normalized spacial score (nSPS) is 11.6. The van der Waals surface area contributed by atoms with Crippen LogP contribution >= 0.6 is 0 Å². The summed E-state index contributed by atoms with van der Waals surface area (Å²) in [5, 5.41) is 0.417. The van der Waals surface area contributed by atoms with E-state index in [0.717, 1.165) is 16.7 Å². The fraction of sp³-hybridized carbons (Fsp3) is 0.304. The van der Waals surface area contributed by atoms with Gasteiger partial charge in [-0.3, -0.25) is 9.59 Å². The first kappa shape index (κ1) is 18.9. The summed E-state index contributed by atoms with van der Waals surface area (Å²) in [5.74, 6) is -0.264. The topological polar surface area (TPSA) is 56.5 Å². The average Bonchev–Trinajstić information content (AvgIpc) is 2.57. The first-order valence-corrected chi connectivity index (χ1v) is 8.95. The standard InChI is InChI=1S/C23H24O4/c1-13-7-9-16(10-8-13)20-21(27-22(25)23(4,5)6)18(24)17-12-14(2)11-15(3)19(17)26-20/h7-12H,1-6H3. The van der Waals surface area contributed by atoms with E-state index in [-0.39, 0.29) is 16.9 Å². The van der Waals surface area contributed by atoms with Crippen LogP contribution < -0.4 is 10.2 Å². The Morgan fingerprint density at radius 3 is 2.19 bits per heavy atom. The molecular weight excluding hydrogens is 340 g/mol. The summed E-state index contributed by atoms with van der Waals surface area (Å²) in [6.45, 7) is 11.0. The van der Waals surface area contributed by atoms with Crippen LogP contribution in [0.4, 0.5) is 0 Å². The zero-order valence-corrected chi connectivity index (χ0v) is 16.6. The van der Waals surface area contributed by atoms with E-state index < -0.39 is 11.4 Å². The zero-order chi connectivity index (χ0) is 19.9. The number of benzene rings is 2. The third kappa shape index (κ3) is 3.65. The van der Waals surface area contributed by atoms with Gasteiger partial charge >= 0.3 is 5.97 Å². The second-order valence-electron chi connectivity index (χ2n) is 8.05. The van der Waals surface area contributed by atoms with E-state index in [1.54, 1.807) is 26.8 Å². The molecule has 3 aromatic rings. The van der Waals surface area contributed by atoms with Crippen molar-refractivity contribution in [2.75, 3.05) is 0 Å². The van der Waals surface area contributed by atoms with Crippen molar-refractivity contribution in [3.05, 3.63) is 63.3 Å². The van der Waals surface area contributed by atoms with Gasteiger partial charge in [-0.05, 0) is 58.7 Å². The molecule has 0 saturated carbocycles. The Kier molecular flexibility index (Phi) is 4.68. The molecule has 3 rings (SSSR count). The molecule has 0 atom stereocenters. The van der Waals surface area contributed by atoms with Gasteiger partial charge < -0.3 is 9.15 Å². The van der Waals surface area contributed by atoms with Crippen LogP contribution in [0.5, 0.6) is 5.75 Å². The quantitative estimate of drug-likeness (QED) is 0.576. The fourth-order valence-electron chi connectivity index (χ4n) is 2.87. The maximum absolute atomic E-state index is 13.2. The number of carbonyl (C=O) groups is 1. The van der Waals surface area contributed by atoms with Crippen LogP contribution in [0.1, 0.15) is 37.5 Å². The Bertz CT molecular complexity index is 1080. The maximum atomic E-state index is 13.2. The Hall–Kier alpha value is -2.88. The monoisotopic (exact) mass is 364 g/mol. The van der Waals surface area contributed by atoms with Crippen molar-refractivity contribution < 1.29 is 13.9 Å². The van der Waals surface area contributed by atoms with E-state index in [9.17, 15) is 9.59 Å². The number of hydrogen-bond donors (Lipinski definition) is 0. The van der Waals surface area contributed by atoms with Gasteiger partial charge in [-0.2, -0.15) is 0 Å². The second kappa shape index (κ2) is 6.69. The smallest absolute Gasteiger partial charge is 0.316 e. The Morgan fingerprint density at radius 2 is 1.59 bits per heavy atom. The Morgan fingerprint density at radius 1 is 0.963 bits per heavy atom. The largest absolute Gasteiger partial charge is 0.452 e. The van der Waals surface area contributed by atoms with Gasteiger partial charge in [0, 0.05) is 5.56 Å². The minimum atomic E-state index is -0.742. The van der Waals surface area contributed by atoms with E-state index >= 15 is 0 Å². The molecule has 0 aliphatic heterocycles. The molecule has 27 heavy (non-hydrogen) atoms. The Labute approximate surface area is 158 Å². The average molecular weight is 364 g/mol. The van der Waals surface area contributed by atoms with Crippen LogP contribution in [-0.4, -0.2) is 5.97 Å². The van der Waals surface area contributed by atoms with Crippen LogP contribution in [0.2, 0.25) is 0 Å². The summed E-state index contributed by atoms with van der Waals surface area (Å²) in [7, 11) is 0. The molecule has 0 spiro atoms. The molecule has 0 amide bonds. The van der Waals surface area contributed by atoms with Crippen LogP contribution in [-0.2, 0) is 4.79 Å². The van der Waals surface area contributed by atoms with Gasteiger partial charge in [-0.25, -0.2) is 0 Å². The highest BCUT2D eigenvalue weighted by Crippen LogP contribution is 2.33. The van der Waals surface area contributed by atoms with Crippen molar-refractivity contribution in [3.8, 4) is 17.1 Å². The van der Waals surface area contributed by atoms with E-state index in [1.807, 2.05) is 51.1 Å². The zero-order valence-electron chi connectivity index (χ0n) is 16.6. The summed E-state index contributed by atoms with van der Waals surface area (Å²) in [6, 6.07) is 11.3. The van der Waals surface area contributed by atoms with Gasteiger partial charge in [0.2, 0.25) is 11.2 Å². The molecule has 0 bridgehead atoms. The molecule has 0 radical (unpaired) electrons. The first-order chi connectivity index (χ1) is 12.6. The van der Waals surface area contributed by atoms with Crippen LogP contribution in [0.25, 0.3) is 22.3 Å². The number of esters is 1. The molecule has 0 aliphatic rings. The van der Waals surface area contributed by atoms with E-state index in [4.69, 9.17) is 9.15 Å². The van der Waals surface area contributed by atoms with Gasteiger partial charge in [-0.15, -0.1) is 0 Å². The number of ether oxygens (including phenoxy) is 1. The van der Waals surface area contributed by atoms with Gasteiger partial charge in [0.15, 0.2) is 5.76 Å². The van der Waals surface area contributed by atoms with E-state index in [2.05, 4.69) is 0 Å². The van der Waals surface area contributed by atoms with Crippen molar-refractivity contribution in [3.63, 3.8) is 0 Å². The first-order valence-electron chi connectivity index (χ1n) is 8.95. The predicted octanol–water partition coefficient (Wildman–Crippen LogP) is 5.34. The van der Waals surface area contributed by atoms with Gasteiger partial charge in [-0.1, -0.05) is 35.9 Å². The van der Waals surface area contributed by atoms with Gasteiger partial charge in [0.05, 0.1) is 10.8 Å². The van der Waals surface area contributed by atoms with Gasteiger partial charge in [0.25, 0.3) is 0 Å². The van der Waals surface area contributed by atoms with Crippen molar-refractivity contribution in [2.24, 2.45) is 5.41 Å². The van der Waals surface area contributed by atoms with Crippen LogP contribution in [0.15, 0.2) is 45.6 Å². The summed E-state index contributed by atoms with van der Waals surface area (Å²) < 4.78 is 11.7. The molecule has 140 valence electrons. The molecule has 0 fully saturated rings. The van der Waals surface area contributed by atoms with Crippen molar-refractivity contribution >= 4 is 16.9 Å². The highest BCUT2D eigenvalue weighted by Gasteiger charge is 2.28. The Balaban J connectivity index is 2.33. The lowest BCUT2D eigenvalue weighted by molar-refractivity contribution is -0.143. The summed E-state index contributed by atoms with van der Waals surface area (Å²) in [6.07, 6.45) is 0. The number of hydrogen-bond acceptors (Lipinski definition) is 4. The lowest BCUT2D eigenvalue weighted by Crippen LogP contribution is -2.28. The third-order valence-corrected chi connectivity index (χ3v) is 4.40. The maximum Gasteiger partial charge on any atom is 0.316 e. The van der Waals surface area contributed by atoms with Gasteiger partial charge in [0.1, 0.15) is 5.58 Å². The highest BCUT2D eigenvalue weighted by atomic mass is 16.5. The fourth-order valence-corrected chi connectivity index (χ4v) is 2.87. The predicted molar refractivity (Wildman–Crippen MR) is 107 cm³/mol. The summed E-state index contributed by atoms with van der Waals surface area (Å²) in [5.41, 5.74) is 3.02. The van der Waals surface area contributed by atoms with Crippen molar-refractivity contribution in [2.45, 2.75) is 41.5 Å². The van der Waals surface area contributed by atoms with Crippen LogP contribution in [0.3, 0.4) is 0 Å². The molecule has 4 heteroatoms. The lowest BCUT2D eigenvalue weighted by Gasteiger charge is -2.18. The molecule has 2 aromatic carbocycles. The number of aryl methyl sites for hydroxylation is 3. The molecule has 0 saturated heterocycles. The molecule has 0 unspecified atom stereocenters. The molecule has 1 aromatic heterocycles. The SMILES string of the molecule is Cc1ccc(-c2oc3c(C)cc(C)cc3c(=O)c2OC(=O)C(C)(C)C)cc1. The second-order valence-corrected chi connectivity index (χ2v) is 8.05. The number of fused-ring (bicyclic) bond motifs is 1. The van der Waals surface area contributed by atoms with Crippen LogP contribution in [0, 0.1) is 26.2 Å². The third-order valence-electron chi connectivity index (χ3n) is 4.40. The van der Waals surface area contributed by atoms with E-state index in [0.29, 0.717) is 16.5 Å².